The van der Waals surface area contributed by atoms with Gasteiger partial charge in [-0.05, 0) is 89.1 Å². The maximum absolute atomic E-state index is 14.0. The first-order valence-electron chi connectivity index (χ1n) is 13.3. The van der Waals surface area contributed by atoms with Gasteiger partial charge >= 0.3 is 0 Å². The molecule has 0 radical (unpaired) electrons. The fraction of sp³-hybridized carbons (Fsp3) is 0.355. The molecule has 3 rings (SSSR count). The molecule has 9 heteroatoms. The van der Waals surface area contributed by atoms with E-state index >= 15 is 0 Å². The van der Waals surface area contributed by atoms with Crippen LogP contribution in [0.3, 0.4) is 0 Å². The van der Waals surface area contributed by atoms with Crippen LogP contribution in [-0.2, 0) is 26.2 Å². The Morgan fingerprint density at radius 3 is 2.10 bits per heavy atom. The summed E-state index contributed by atoms with van der Waals surface area (Å²) in [6.07, 6.45) is 0. The number of benzene rings is 3. The Bertz CT molecular complexity index is 1400. The van der Waals surface area contributed by atoms with Crippen molar-refractivity contribution in [2.45, 2.75) is 64.6 Å². The zero-order valence-corrected chi connectivity index (χ0v) is 24.9. The number of sulfonamides is 1. The number of carbonyl (C=O) groups is 2. The molecule has 1 N–H and O–H groups in total. The van der Waals surface area contributed by atoms with E-state index < -0.39 is 34.1 Å². The summed E-state index contributed by atoms with van der Waals surface area (Å²) in [5, 5.41) is 2.93. The predicted octanol–water partition coefficient (Wildman–Crippen LogP) is 4.92. The van der Waals surface area contributed by atoms with Crippen molar-refractivity contribution in [2.24, 2.45) is 0 Å². The first-order chi connectivity index (χ1) is 18.8. The molecule has 0 fully saturated rings. The molecular formula is C31H39N3O5S. The number of nitrogens with one attached hydrogen (secondary N) is 1. The summed E-state index contributed by atoms with van der Waals surface area (Å²) in [4.78, 5) is 28.6. The lowest BCUT2D eigenvalue weighted by atomic mass is 10.1. The normalized spacial score (nSPS) is 12.3. The van der Waals surface area contributed by atoms with Crippen LogP contribution in [0, 0.1) is 6.92 Å². The SMILES string of the molecule is CCOc1ccc(S(=O)(=O)N(CC(=O)N(Cc2ccccc2C)C(C)C(=O)NC(C)(C)C)c2ccccc2)cc1. The maximum Gasteiger partial charge on any atom is 0.264 e. The summed E-state index contributed by atoms with van der Waals surface area (Å²) in [6.45, 7) is 11.2. The topological polar surface area (TPSA) is 96.0 Å². The van der Waals surface area contributed by atoms with Gasteiger partial charge in [0.2, 0.25) is 11.8 Å². The minimum atomic E-state index is -4.14. The standard InChI is InChI=1S/C31H39N3O5S/c1-7-39-27-17-19-28(20-18-27)40(37,38)34(26-15-9-8-10-16-26)22-29(35)33(21-25-14-12-11-13-23(25)2)24(3)30(36)32-31(4,5)6/h8-20,24H,7,21-22H2,1-6H3,(H,32,36). The summed E-state index contributed by atoms with van der Waals surface area (Å²) in [5.41, 5.74) is 1.67. The monoisotopic (exact) mass is 565 g/mol. The van der Waals surface area contributed by atoms with Gasteiger partial charge in [0.15, 0.2) is 0 Å². The van der Waals surface area contributed by atoms with E-state index in [2.05, 4.69) is 5.32 Å². The van der Waals surface area contributed by atoms with Crippen LogP contribution in [0.4, 0.5) is 5.69 Å². The first-order valence-corrected chi connectivity index (χ1v) is 14.7. The molecule has 0 aromatic heterocycles. The van der Waals surface area contributed by atoms with E-state index in [4.69, 9.17) is 4.74 Å². The van der Waals surface area contributed by atoms with Crippen molar-refractivity contribution in [3.8, 4) is 5.75 Å². The lowest BCUT2D eigenvalue weighted by Gasteiger charge is -2.33. The Labute approximate surface area is 238 Å². The van der Waals surface area contributed by atoms with Crippen LogP contribution in [0.15, 0.2) is 83.8 Å². The fourth-order valence-corrected chi connectivity index (χ4v) is 5.57. The molecule has 0 bridgehead atoms. The van der Waals surface area contributed by atoms with Gasteiger partial charge in [-0.25, -0.2) is 8.42 Å². The number of hydrogen-bond donors (Lipinski definition) is 1. The van der Waals surface area contributed by atoms with Crippen molar-refractivity contribution in [3.63, 3.8) is 0 Å². The number of aryl methyl sites for hydroxylation is 1. The van der Waals surface area contributed by atoms with Crippen LogP contribution in [0.25, 0.3) is 0 Å². The minimum absolute atomic E-state index is 0.0246. The molecule has 0 saturated carbocycles. The quantitative estimate of drug-likeness (QED) is 0.356. The van der Waals surface area contributed by atoms with E-state index in [1.807, 2.05) is 58.9 Å². The van der Waals surface area contributed by atoms with Crippen LogP contribution in [0.1, 0.15) is 45.7 Å². The molecule has 0 aliphatic carbocycles. The van der Waals surface area contributed by atoms with Crippen LogP contribution in [0.2, 0.25) is 0 Å². The number of para-hydroxylation sites is 1. The van der Waals surface area contributed by atoms with Crippen molar-refractivity contribution < 1.29 is 22.7 Å². The van der Waals surface area contributed by atoms with Crippen LogP contribution in [-0.4, -0.2) is 49.9 Å². The third-order valence-electron chi connectivity index (χ3n) is 6.31. The zero-order valence-electron chi connectivity index (χ0n) is 24.0. The molecular weight excluding hydrogens is 526 g/mol. The van der Waals surface area contributed by atoms with Gasteiger partial charge in [0.1, 0.15) is 18.3 Å². The van der Waals surface area contributed by atoms with E-state index in [9.17, 15) is 18.0 Å². The highest BCUT2D eigenvalue weighted by molar-refractivity contribution is 7.92. The number of nitrogens with zero attached hydrogens (tertiary/aromatic N) is 2. The zero-order chi connectivity index (χ0) is 29.5. The third kappa shape index (κ3) is 7.85. The average molecular weight is 566 g/mol. The summed E-state index contributed by atoms with van der Waals surface area (Å²) < 4.78 is 34.3. The Kier molecular flexibility index (Phi) is 9.98. The molecule has 2 amide bonds. The highest BCUT2D eigenvalue weighted by atomic mass is 32.2. The number of rotatable bonds is 11. The lowest BCUT2D eigenvalue weighted by Crippen LogP contribution is -2.54. The molecule has 3 aromatic rings. The fourth-order valence-electron chi connectivity index (χ4n) is 4.15. The molecule has 0 spiro atoms. The van der Waals surface area contributed by atoms with Crippen molar-refractivity contribution in [3.05, 3.63) is 90.0 Å². The number of ether oxygens (including phenoxy) is 1. The van der Waals surface area contributed by atoms with Crippen molar-refractivity contribution in [2.75, 3.05) is 17.5 Å². The van der Waals surface area contributed by atoms with Gasteiger partial charge in [-0.3, -0.25) is 13.9 Å². The molecule has 40 heavy (non-hydrogen) atoms. The Hall–Kier alpha value is -3.85. The molecule has 214 valence electrons. The molecule has 8 nitrogen and oxygen atoms in total. The summed E-state index contributed by atoms with van der Waals surface area (Å²) in [7, 11) is -4.14. The predicted molar refractivity (Wildman–Crippen MR) is 158 cm³/mol. The van der Waals surface area contributed by atoms with Gasteiger partial charge in [0, 0.05) is 12.1 Å². The number of amides is 2. The van der Waals surface area contributed by atoms with Gasteiger partial charge in [0.25, 0.3) is 10.0 Å². The summed E-state index contributed by atoms with van der Waals surface area (Å²) >= 11 is 0. The molecule has 1 atom stereocenters. The Balaban J connectivity index is 2.01. The summed E-state index contributed by atoms with van der Waals surface area (Å²) in [6, 6.07) is 21.3. The molecule has 3 aromatic carbocycles. The Morgan fingerprint density at radius 1 is 0.925 bits per heavy atom. The number of hydrogen-bond acceptors (Lipinski definition) is 5. The van der Waals surface area contributed by atoms with E-state index in [0.29, 0.717) is 18.0 Å². The van der Waals surface area contributed by atoms with Gasteiger partial charge in [0.05, 0.1) is 17.2 Å². The van der Waals surface area contributed by atoms with Gasteiger partial charge in [-0.2, -0.15) is 0 Å². The van der Waals surface area contributed by atoms with E-state index in [-0.39, 0.29) is 17.3 Å². The molecule has 0 saturated heterocycles. The van der Waals surface area contributed by atoms with Gasteiger partial charge < -0.3 is 15.0 Å². The van der Waals surface area contributed by atoms with Crippen LogP contribution < -0.4 is 14.4 Å². The number of anilines is 1. The largest absolute Gasteiger partial charge is 0.494 e. The van der Waals surface area contributed by atoms with Crippen molar-refractivity contribution in [1.29, 1.82) is 0 Å². The minimum Gasteiger partial charge on any atom is -0.494 e. The first kappa shape index (κ1) is 30.7. The van der Waals surface area contributed by atoms with Crippen LogP contribution >= 0.6 is 0 Å². The lowest BCUT2D eigenvalue weighted by molar-refractivity contribution is -0.140. The van der Waals surface area contributed by atoms with E-state index in [1.54, 1.807) is 49.4 Å². The maximum atomic E-state index is 14.0. The third-order valence-corrected chi connectivity index (χ3v) is 8.10. The van der Waals surface area contributed by atoms with Crippen LogP contribution in [0.5, 0.6) is 5.75 Å². The highest BCUT2D eigenvalue weighted by Gasteiger charge is 2.33. The molecule has 0 aliphatic rings. The van der Waals surface area contributed by atoms with E-state index in [1.165, 1.54) is 17.0 Å². The smallest absolute Gasteiger partial charge is 0.264 e. The molecule has 0 aliphatic heterocycles. The van der Waals surface area contributed by atoms with Gasteiger partial charge in [-0.15, -0.1) is 0 Å². The number of carbonyl (C=O) groups excluding carboxylic acids is 2. The van der Waals surface area contributed by atoms with Crippen molar-refractivity contribution in [1.82, 2.24) is 10.2 Å². The molecule has 1 unspecified atom stereocenters. The second kappa shape index (κ2) is 13.0. The highest BCUT2D eigenvalue weighted by Crippen LogP contribution is 2.26. The van der Waals surface area contributed by atoms with Crippen molar-refractivity contribution >= 4 is 27.5 Å². The second-order valence-electron chi connectivity index (χ2n) is 10.6. The second-order valence-corrected chi connectivity index (χ2v) is 12.5. The van der Waals surface area contributed by atoms with E-state index in [0.717, 1.165) is 15.4 Å². The molecule has 0 heterocycles. The van der Waals surface area contributed by atoms with Gasteiger partial charge in [-0.1, -0.05) is 42.5 Å². The average Bonchev–Trinajstić information content (AvgIpc) is 2.90. The summed E-state index contributed by atoms with van der Waals surface area (Å²) in [5.74, 6) is -0.278. The Morgan fingerprint density at radius 2 is 1.52 bits per heavy atom.